The fraction of sp³-hybridized carbons (Fsp3) is 0.333. The molecule has 0 spiro atoms. The van der Waals surface area contributed by atoms with Gasteiger partial charge in [0, 0.05) is 25.1 Å². The van der Waals surface area contributed by atoms with E-state index in [0.29, 0.717) is 17.8 Å². The van der Waals surface area contributed by atoms with Crippen LogP contribution < -0.4 is 10.5 Å². The number of aromatic nitrogens is 3. The zero-order chi connectivity index (χ0) is 13.8. The predicted molar refractivity (Wildman–Crippen MR) is 64.7 cm³/mol. The van der Waals surface area contributed by atoms with Crippen LogP contribution in [0.25, 0.3) is 0 Å². The quantitative estimate of drug-likeness (QED) is 0.895. The molecule has 2 aromatic rings. The Hall–Kier alpha value is -2.02. The molecule has 0 saturated carbocycles. The van der Waals surface area contributed by atoms with E-state index in [1.54, 1.807) is 29.9 Å². The van der Waals surface area contributed by atoms with Gasteiger partial charge in [0.05, 0.1) is 0 Å². The number of nitrogens with zero attached hydrogens (tertiary/aromatic N) is 3. The highest BCUT2D eigenvalue weighted by molar-refractivity contribution is 5.36. The third-order valence-electron chi connectivity index (χ3n) is 2.74. The number of rotatable bonds is 5. The molecule has 0 fully saturated rings. The molecular weight excluding hydrogens is 254 g/mol. The van der Waals surface area contributed by atoms with Gasteiger partial charge in [0.15, 0.2) is 0 Å². The third kappa shape index (κ3) is 3.25. The Labute approximate surface area is 109 Å². The highest BCUT2D eigenvalue weighted by Gasteiger charge is 2.17. The second-order valence-corrected chi connectivity index (χ2v) is 4.03. The van der Waals surface area contributed by atoms with Gasteiger partial charge in [0.2, 0.25) is 0 Å². The number of hydrogen-bond acceptors (Lipinski definition) is 4. The van der Waals surface area contributed by atoms with E-state index in [9.17, 15) is 8.78 Å². The van der Waals surface area contributed by atoms with Gasteiger partial charge in [-0.05, 0) is 6.07 Å². The van der Waals surface area contributed by atoms with Gasteiger partial charge in [-0.25, -0.2) is 4.98 Å². The Morgan fingerprint density at radius 3 is 2.74 bits per heavy atom. The Morgan fingerprint density at radius 2 is 2.11 bits per heavy atom. The molecule has 5 nitrogen and oxygen atoms in total. The maximum absolute atomic E-state index is 12.3. The largest absolute Gasteiger partial charge is 0.434 e. The number of alkyl halides is 2. The van der Waals surface area contributed by atoms with E-state index in [2.05, 4.69) is 14.8 Å². The molecule has 0 bridgehead atoms. The molecule has 1 atom stereocenters. The van der Waals surface area contributed by atoms with Gasteiger partial charge in [0.1, 0.15) is 17.9 Å². The number of hydrogen-bond donors (Lipinski definition) is 1. The van der Waals surface area contributed by atoms with Gasteiger partial charge in [-0.1, -0.05) is 18.2 Å². The molecule has 0 saturated heterocycles. The normalized spacial score (nSPS) is 12.7. The first-order valence-corrected chi connectivity index (χ1v) is 5.70. The van der Waals surface area contributed by atoms with Crippen molar-refractivity contribution >= 4 is 0 Å². The van der Waals surface area contributed by atoms with Crippen LogP contribution in [0.3, 0.4) is 0 Å². The molecule has 2 N–H and O–H groups in total. The minimum Gasteiger partial charge on any atom is -0.434 e. The number of para-hydroxylation sites is 1. The van der Waals surface area contributed by atoms with Crippen LogP contribution in [0.5, 0.6) is 5.75 Å². The van der Waals surface area contributed by atoms with Crippen molar-refractivity contribution in [2.45, 2.75) is 19.1 Å². The molecule has 0 radical (unpaired) electrons. The zero-order valence-electron chi connectivity index (χ0n) is 10.3. The van der Waals surface area contributed by atoms with Crippen molar-refractivity contribution in [1.82, 2.24) is 14.8 Å². The Kier molecular flexibility index (Phi) is 4.06. The third-order valence-corrected chi connectivity index (χ3v) is 2.74. The lowest BCUT2D eigenvalue weighted by Gasteiger charge is -2.16. The molecule has 0 aliphatic heterocycles. The van der Waals surface area contributed by atoms with Crippen LogP contribution in [0, 0.1) is 0 Å². The highest BCUT2D eigenvalue weighted by atomic mass is 19.3. The standard InChI is InChI=1S/C12H14F2N4O/c1-18-11(16-7-17-18)6-9(15)8-4-2-3-5-10(8)19-12(13)14/h2-5,7,9,12H,6,15H2,1H3. The maximum atomic E-state index is 12.3. The van der Waals surface area contributed by atoms with E-state index in [1.807, 2.05) is 0 Å². The zero-order valence-corrected chi connectivity index (χ0v) is 10.3. The van der Waals surface area contributed by atoms with Gasteiger partial charge in [-0.3, -0.25) is 4.68 Å². The highest BCUT2D eigenvalue weighted by Crippen LogP contribution is 2.26. The van der Waals surface area contributed by atoms with Gasteiger partial charge in [-0.15, -0.1) is 0 Å². The van der Waals surface area contributed by atoms with E-state index >= 15 is 0 Å². The molecule has 1 aromatic heterocycles. The topological polar surface area (TPSA) is 66.0 Å². The smallest absolute Gasteiger partial charge is 0.387 e. The average Bonchev–Trinajstić information content (AvgIpc) is 2.75. The van der Waals surface area contributed by atoms with Crippen molar-refractivity contribution in [2.75, 3.05) is 0 Å². The summed E-state index contributed by atoms with van der Waals surface area (Å²) in [6, 6.07) is 6.00. The van der Waals surface area contributed by atoms with E-state index in [4.69, 9.17) is 5.73 Å². The minimum absolute atomic E-state index is 0.0900. The predicted octanol–water partition coefficient (Wildman–Crippen LogP) is 1.66. The molecular formula is C12H14F2N4O. The summed E-state index contributed by atoms with van der Waals surface area (Å²) in [6.07, 6.45) is 1.81. The maximum Gasteiger partial charge on any atom is 0.387 e. The number of aryl methyl sites for hydroxylation is 1. The Morgan fingerprint density at radius 1 is 1.37 bits per heavy atom. The number of nitrogens with two attached hydrogens (primary N) is 1. The van der Waals surface area contributed by atoms with Crippen LogP contribution >= 0.6 is 0 Å². The molecule has 7 heteroatoms. The van der Waals surface area contributed by atoms with E-state index in [-0.39, 0.29) is 5.75 Å². The van der Waals surface area contributed by atoms with Crippen LogP contribution in [0.2, 0.25) is 0 Å². The first kappa shape index (κ1) is 13.4. The lowest BCUT2D eigenvalue weighted by atomic mass is 10.0. The number of halogens is 2. The van der Waals surface area contributed by atoms with Crippen LogP contribution in [0.15, 0.2) is 30.6 Å². The van der Waals surface area contributed by atoms with Crippen molar-refractivity contribution in [2.24, 2.45) is 12.8 Å². The van der Waals surface area contributed by atoms with Gasteiger partial charge in [0.25, 0.3) is 0 Å². The molecule has 0 amide bonds. The minimum atomic E-state index is -2.87. The van der Waals surface area contributed by atoms with Crippen LogP contribution in [-0.2, 0) is 13.5 Å². The molecule has 19 heavy (non-hydrogen) atoms. The van der Waals surface area contributed by atoms with Crippen molar-refractivity contribution in [1.29, 1.82) is 0 Å². The molecule has 0 aliphatic carbocycles. The van der Waals surface area contributed by atoms with E-state index < -0.39 is 12.7 Å². The van der Waals surface area contributed by atoms with Crippen molar-refractivity contribution in [3.05, 3.63) is 42.0 Å². The number of ether oxygens (including phenoxy) is 1. The van der Waals surface area contributed by atoms with Gasteiger partial charge in [-0.2, -0.15) is 13.9 Å². The fourth-order valence-electron chi connectivity index (χ4n) is 1.80. The second kappa shape index (κ2) is 5.75. The Balaban J connectivity index is 2.19. The molecule has 1 unspecified atom stereocenters. The second-order valence-electron chi connectivity index (χ2n) is 4.03. The molecule has 0 aliphatic rings. The summed E-state index contributed by atoms with van der Waals surface area (Å²) < 4.78 is 30.7. The average molecular weight is 268 g/mol. The van der Waals surface area contributed by atoms with E-state index in [0.717, 1.165) is 0 Å². The summed E-state index contributed by atoms with van der Waals surface area (Å²) in [5, 5.41) is 3.93. The van der Waals surface area contributed by atoms with Gasteiger partial charge < -0.3 is 10.5 Å². The van der Waals surface area contributed by atoms with Crippen LogP contribution in [0.4, 0.5) is 8.78 Å². The van der Waals surface area contributed by atoms with Crippen molar-refractivity contribution in [3.63, 3.8) is 0 Å². The molecule has 102 valence electrons. The lowest BCUT2D eigenvalue weighted by molar-refractivity contribution is -0.0506. The SMILES string of the molecule is Cn1ncnc1CC(N)c1ccccc1OC(F)F. The summed E-state index contributed by atoms with van der Waals surface area (Å²) in [5.74, 6) is 0.770. The Bertz CT molecular complexity index is 544. The fourth-order valence-corrected chi connectivity index (χ4v) is 1.80. The summed E-state index contributed by atoms with van der Waals surface area (Å²) in [7, 11) is 1.75. The summed E-state index contributed by atoms with van der Waals surface area (Å²) >= 11 is 0. The summed E-state index contributed by atoms with van der Waals surface area (Å²) in [4.78, 5) is 4.05. The van der Waals surface area contributed by atoms with Crippen molar-refractivity contribution < 1.29 is 13.5 Å². The van der Waals surface area contributed by atoms with Gasteiger partial charge >= 0.3 is 6.61 Å². The summed E-state index contributed by atoms with van der Waals surface area (Å²) in [5.41, 5.74) is 6.54. The van der Waals surface area contributed by atoms with Crippen LogP contribution in [-0.4, -0.2) is 21.4 Å². The van der Waals surface area contributed by atoms with E-state index in [1.165, 1.54) is 12.4 Å². The molecule has 1 aromatic carbocycles. The molecule has 1 heterocycles. The first-order valence-electron chi connectivity index (χ1n) is 5.70. The van der Waals surface area contributed by atoms with Crippen molar-refractivity contribution in [3.8, 4) is 5.75 Å². The number of benzene rings is 1. The summed E-state index contributed by atoms with van der Waals surface area (Å²) in [6.45, 7) is -2.87. The first-order chi connectivity index (χ1) is 9.08. The van der Waals surface area contributed by atoms with Crippen LogP contribution in [0.1, 0.15) is 17.4 Å². The monoisotopic (exact) mass is 268 g/mol. The lowest BCUT2D eigenvalue weighted by Crippen LogP contribution is -2.18. The molecule has 2 rings (SSSR count).